The van der Waals surface area contributed by atoms with Crippen molar-refractivity contribution in [1.29, 1.82) is 0 Å². The number of nitrogens with one attached hydrogen (secondary N) is 2. The van der Waals surface area contributed by atoms with E-state index in [0.29, 0.717) is 5.69 Å². The molecule has 2 atom stereocenters. The first-order valence-corrected chi connectivity index (χ1v) is 8.38. The molecule has 1 aromatic rings. The van der Waals surface area contributed by atoms with E-state index in [1.165, 1.54) is 0 Å². The third-order valence-electron chi connectivity index (χ3n) is 4.11. The number of nitrogens with two attached hydrogens (primary N) is 1. The predicted octanol–water partition coefficient (Wildman–Crippen LogP) is 1.33. The number of amides is 3. The van der Waals surface area contributed by atoms with Crippen LogP contribution >= 0.6 is 0 Å². The Bertz CT molecular complexity index is 607. The molecule has 2 rings (SSSR count). The van der Waals surface area contributed by atoms with Gasteiger partial charge < -0.3 is 26.0 Å². The van der Waals surface area contributed by atoms with Crippen LogP contribution < -0.4 is 21.3 Å². The zero-order chi connectivity index (χ0) is 18.6. The van der Waals surface area contributed by atoms with Crippen LogP contribution in [0.5, 0.6) is 0 Å². The molecule has 2 heterocycles. The van der Waals surface area contributed by atoms with Crippen molar-refractivity contribution in [2.24, 2.45) is 11.1 Å². The monoisotopic (exact) mass is 349 g/mol. The first-order valence-electron chi connectivity index (χ1n) is 8.38. The van der Waals surface area contributed by atoms with Crippen LogP contribution in [-0.2, 0) is 9.53 Å². The summed E-state index contributed by atoms with van der Waals surface area (Å²) in [5, 5.41) is 5.33. The highest BCUT2D eigenvalue weighted by molar-refractivity contribution is 5.90. The molecule has 0 aromatic carbocycles. The molecule has 8 nitrogen and oxygen atoms in total. The highest BCUT2D eigenvalue weighted by atomic mass is 16.5. The summed E-state index contributed by atoms with van der Waals surface area (Å²) in [5.74, 6) is 0.385. The van der Waals surface area contributed by atoms with Crippen LogP contribution in [0.3, 0.4) is 0 Å². The minimum atomic E-state index is -0.802. The second-order valence-electron chi connectivity index (χ2n) is 7.12. The van der Waals surface area contributed by atoms with Gasteiger partial charge >= 0.3 is 6.03 Å². The van der Waals surface area contributed by atoms with E-state index < -0.39 is 17.4 Å². The number of morpholine rings is 1. The van der Waals surface area contributed by atoms with Crippen molar-refractivity contribution >= 4 is 23.4 Å². The van der Waals surface area contributed by atoms with E-state index in [4.69, 9.17) is 10.5 Å². The van der Waals surface area contributed by atoms with Crippen LogP contribution in [0.25, 0.3) is 0 Å². The molecule has 0 aliphatic carbocycles. The molecule has 8 heteroatoms. The van der Waals surface area contributed by atoms with Gasteiger partial charge in [-0.15, -0.1) is 0 Å². The second kappa shape index (κ2) is 7.69. The minimum Gasteiger partial charge on any atom is -0.372 e. The van der Waals surface area contributed by atoms with Gasteiger partial charge in [0.05, 0.1) is 29.5 Å². The van der Waals surface area contributed by atoms with Crippen molar-refractivity contribution in [3.63, 3.8) is 0 Å². The normalized spacial score (nSPS) is 20.9. The molecule has 138 valence electrons. The highest BCUT2D eigenvalue weighted by Gasteiger charge is 2.25. The maximum absolute atomic E-state index is 11.9. The molecule has 0 spiro atoms. The molecular weight excluding hydrogens is 322 g/mol. The summed E-state index contributed by atoms with van der Waals surface area (Å²) < 4.78 is 5.72. The van der Waals surface area contributed by atoms with E-state index in [1.54, 1.807) is 26.1 Å². The fraction of sp³-hybridized carbons (Fsp3) is 0.588. The van der Waals surface area contributed by atoms with Crippen molar-refractivity contribution in [3.05, 3.63) is 18.3 Å². The van der Waals surface area contributed by atoms with Gasteiger partial charge in [0.2, 0.25) is 5.91 Å². The first-order chi connectivity index (χ1) is 11.7. The Morgan fingerprint density at radius 3 is 2.48 bits per heavy atom. The Labute approximate surface area is 148 Å². The van der Waals surface area contributed by atoms with Crippen molar-refractivity contribution < 1.29 is 14.3 Å². The highest BCUT2D eigenvalue weighted by Crippen LogP contribution is 2.19. The van der Waals surface area contributed by atoms with Crippen LogP contribution in [0.15, 0.2) is 18.3 Å². The van der Waals surface area contributed by atoms with Crippen LogP contribution in [0.2, 0.25) is 0 Å². The summed E-state index contributed by atoms with van der Waals surface area (Å²) in [4.78, 5) is 29.8. The lowest BCUT2D eigenvalue weighted by atomic mass is 9.93. The number of nitrogens with zero attached hydrogens (tertiary/aromatic N) is 2. The summed E-state index contributed by atoms with van der Waals surface area (Å²) in [6, 6.07) is 3.26. The smallest absolute Gasteiger partial charge is 0.319 e. The number of carbonyl (C=O) groups excluding carboxylic acids is 2. The number of carbonyl (C=O) groups is 2. The zero-order valence-electron chi connectivity index (χ0n) is 15.2. The number of pyridine rings is 1. The lowest BCUT2D eigenvalue weighted by molar-refractivity contribution is -0.125. The number of primary amides is 1. The van der Waals surface area contributed by atoms with Crippen molar-refractivity contribution in [1.82, 2.24) is 10.3 Å². The fourth-order valence-corrected chi connectivity index (χ4v) is 2.58. The molecule has 3 amide bonds. The summed E-state index contributed by atoms with van der Waals surface area (Å²) in [6.45, 7) is 9.16. The minimum absolute atomic E-state index is 0.155. The summed E-state index contributed by atoms with van der Waals surface area (Å²) >= 11 is 0. The average Bonchev–Trinajstić information content (AvgIpc) is 2.52. The Kier molecular flexibility index (Phi) is 5.84. The Morgan fingerprint density at radius 2 is 1.96 bits per heavy atom. The molecule has 0 saturated carbocycles. The molecule has 4 N–H and O–H groups in total. The lowest BCUT2D eigenvalue weighted by Crippen LogP contribution is -2.45. The van der Waals surface area contributed by atoms with Gasteiger partial charge in [0.25, 0.3) is 0 Å². The number of rotatable bonds is 5. The number of aromatic nitrogens is 1. The molecule has 1 aromatic heterocycles. The number of ether oxygens (including phenoxy) is 1. The quantitative estimate of drug-likeness (QED) is 0.743. The number of urea groups is 1. The van der Waals surface area contributed by atoms with E-state index in [-0.39, 0.29) is 18.8 Å². The maximum Gasteiger partial charge on any atom is 0.319 e. The van der Waals surface area contributed by atoms with Gasteiger partial charge in [-0.3, -0.25) is 4.79 Å². The molecule has 1 aliphatic rings. The number of hydrogen-bond acceptors (Lipinski definition) is 5. The van der Waals surface area contributed by atoms with Crippen molar-refractivity contribution in [2.45, 2.75) is 39.9 Å². The molecule has 1 aliphatic heterocycles. The lowest BCUT2D eigenvalue weighted by Gasteiger charge is -2.36. The predicted molar refractivity (Wildman–Crippen MR) is 96.5 cm³/mol. The average molecular weight is 349 g/mol. The van der Waals surface area contributed by atoms with E-state index in [1.807, 2.05) is 19.9 Å². The molecular formula is C17H27N5O3. The number of anilines is 2. The molecule has 0 radical (unpaired) electrons. The molecule has 25 heavy (non-hydrogen) atoms. The third kappa shape index (κ3) is 5.32. The molecule has 0 bridgehead atoms. The standard InChI is InChI=1S/C17H27N5O3/c1-11-8-22(9-12(2)25-11)14-6-5-13(7-19-14)21-16(24)20-10-17(3,4)15(18)23/h5-7,11-12H,8-10H2,1-4H3,(H2,18,23)(H2,20,21,24)/t11-,12+. The van der Waals surface area contributed by atoms with E-state index in [0.717, 1.165) is 18.9 Å². The SMILES string of the molecule is C[C@@H]1CN(c2ccc(NC(=O)NCC(C)(C)C(N)=O)cn2)C[C@H](C)O1. The van der Waals surface area contributed by atoms with Gasteiger partial charge in [-0.1, -0.05) is 0 Å². The van der Waals surface area contributed by atoms with Gasteiger partial charge in [-0.05, 0) is 39.8 Å². The summed E-state index contributed by atoms with van der Waals surface area (Å²) in [6.07, 6.45) is 1.92. The van der Waals surface area contributed by atoms with Gasteiger partial charge in [-0.2, -0.15) is 0 Å². The zero-order valence-corrected chi connectivity index (χ0v) is 15.2. The first kappa shape index (κ1) is 19.0. The van der Waals surface area contributed by atoms with E-state index in [9.17, 15) is 9.59 Å². The van der Waals surface area contributed by atoms with E-state index >= 15 is 0 Å². The van der Waals surface area contributed by atoms with Gasteiger partial charge in [0.1, 0.15) is 5.82 Å². The summed E-state index contributed by atoms with van der Waals surface area (Å²) in [5.41, 5.74) is 5.06. The van der Waals surface area contributed by atoms with Crippen LogP contribution in [0, 0.1) is 5.41 Å². The van der Waals surface area contributed by atoms with Gasteiger partial charge in [-0.25, -0.2) is 9.78 Å². The Morgan fingerprint density at radius 1 is 1.32 bits per heavy atom. The Balaban J connectivity index is 1.89. The van der Waals surface area contributed by atoms with Gasteiger partial charge in [0.15, 0.2) is 0 Å². The summed E-state index contributed by atoms with van der Waals surface area (Å²) in [7, 11) is 0. The third-order valence-corrected chi connectivity index (χ3v) is 4.11. The largest absolute Gasteiger partial charge is 0.372 e. The second-order valence-corrected chi connectivity index (χ2v) is 7.12. The van der Waals surface area contributed by atoms with Crippen molar-refractivity contribution in [3.8, 4) is 0 Å². The van der Waals surface area contributed by atoms with Crippen LogP contribution in [0.4, 0.5) is 16.3 Å². The molecule has 1 saturated heterocycles. The number of hydrogen-bond donors (Lipinski definition) is 3. The maximum atomic E-state index is 11.9. The van der Waals surface area contributed by atoms with Crippen molar-refractivity contribution in [2.75, 3.05) is 29.9 Å². The van der Waals surface area contributed by atoms with Gasteiger partial charge in [0, 0.05) is 19.6 Å². The Hall–Kier alpha value is -2.35. The van der Waals surface area contributed by atoms with Crippen LogP contribution in [0.1, 0.15) is 27.7 Å². The molecule has 0 unspecified atom stereocenters. The molecule has 1 fully saturated rings. The van der Waals surface area contributed by atoms with E-state index in [2.05, 4.69) is 20.5 Å². The topological polar surface area (TPSA) is 110 Å². The fourth-order valence-electron chi connectivity index (χ4n) is 2.58. The van der Waals surface area contributed by atoms with Crippen LogP contribution in [-0.4, -0.2) is 48.8 Å².